The van der Waals surface area contributed by atoms with E-state index in [1.165, 1.54) is 0 Å². The van der Waals surface area contributed by atoms with Gasteiger partial charge in [0.15, 0.2) is 0 Å². The molecule has 0 bridgehead atoms. The van der Waals surface area contributed by atoms with Crippen LogP contribution in [0.3, 0.4) is 0 Å². The predicted octanol–water partition coefficient (Wildman–Crippen LogP) is 4.26. The Balaban J connectivity index is 1.55. The van der Waals surface area contributed by atoms with Gasteiger partial charge in [-0.05, 0) is 24.3 Å². The molecule has 0 aliphatic carbocycles. The highest BCUT2D eigenvalue weighted by molar-refractivity contribution is 6.35. The van der Waals surface area contributed by atoms with E-state index >= 15 is 0 Å². The van der Waals surface area contributed by atoms with E-state index in [1.54, 1.807) is 6.07 Å². The lowest BCUT2D eigenvalue weighted by Crippen LogP contribution is -2.46. The number of piperazine rings is 1. The van der Waals surface area contributed by atoms with Gasteiger partial charge in [0.2, 0.25) is 0 Å². The molecule has 1 fully saturated rings. The molecule has 0 radical (unpaired) electrons. The van der Waals surface area contributed by atoms with Gasteiger partial charge in [0, 0.05) is 47.3 Å². The molecule has 24 heavy (non-hydrogen) atoms. The Labute approximate surface area is 150 Å². The van der Waals surface area contributed by atoms with Gasteiger partial charge in [0.1, 0.15) is 0 Å². The zero-order chi connectivity index (χ0) is 16.5. The zero-order valence-corrected chi connectivity index (χ0v) is 14.5. The second-order valence-electron chi connectivity index (χ2n) is 5.85. The van der Waals surface area contributed by atoms with Gasteiger partial charge in [-0.3, -0.25) is 0 Å². The van der Waals surface area contributed by atoms with Crippen molar-refractivity contribution in [2.75, 3.05) is 36.0 Å². The highest BCUT2D eigenvalue weighted by atomic mass is 35.5. The van der Waals surface area contributed by atoms with E-state index in [9.17, 15) is 0 Å². The maximum absolute atomic E-state index is 6.12. The molecule has 0 spiro atoms. The highest BCUT2D eigenvalue weighted by Gasteiger charge is 2.20. The number of hydrogen-bond acceptors (Lipinski definition) is 4. The van der Waals surface area contributed by atoms with Crippen LogP contribution in [-0.4, -0.2) is 36.4 Å². The first kappa shape index (κ1) is 15.5. The number of nitrogens with zero attached hydrogens (tertiary/aromatic N) is 4. The molecule has 0 N–H and O–H groups in total. The van der Waals surface area contributed by atoms with Crippen LogP contribution in [0.5, 0.6) is 0 Å². The summed E-state index contributed by atoms with van der Waals surface area (Å²) in [6.45, 7) is 3.65. The molecule has 1 aromatic heterocycles. The maximum Gasteiger partial charge on any atom is 0.0950 e. The first-order valence-electron chi connectivity index (χ1n) is 7.87. The van der Waals surface area contributed by atoms with Gasteiger partial charge in [-0.25, -0.2) is 0 Å². The third-order valence-corrected chi connectivity index (χ3v) is 4.79. The van der Waals surface area contributed by atoms with Crippen LogP contribution in [-0.2, 0) is 0 Å². The molecule has 0 unspecified atom stereocenters. The smallest absolute Gasteiger partial charge is 0.0950 e. The highest BCUT2D eigenvalue weighted by Crippen LogP contribution is 2.29. The molecule has 6 heteroatoms. The van der Waals surface area contributed by atoms with Crippen molar-refractivity contribution in [3.63, 3.8) is 0 Å². The summed E-state index contributed by atoms with van der Waals surface area (Å²) in [5.74, 6) is 0. The first-order valence-corrected chi connectivity index (χ1v) is 8.63. The molecule has 2 heterocycles. The third-order valence-electron chi connectivity index (χ3n) is 4.36. The third kappa shape index (κ3) is 2.99. The number of halogens is 2. The van der Waals surface area contributed by atoms with Crippen LogP contribution in [0.15, 0.2) is 48.7 Å². The molecule has 1 aliphatic rings. The summed E-state index contributed by atoms with van der Waals surface area (Å²) in [7, 11) is 0. The van der Waals surface area contributed by atoms with Crippen molar-refractivity contribution >= 4 is 45.5 Å². The molecule has 1 aliphatic heterocycles. The molecule has 1 saturated heterocycles. The van der Waals surface area contributed by atoms with Crippen molar-refractivity contribution in [3.8, 4) is 0 Å². The van der Waals surface area contributed by atoms with E-state index in [2.05, 4.69) is 26.1 Å². The average Bonchev–Trinajstić information content (AvgIpc) is 2.60. The molecule has 0 saturated carbocycles. The van der Waals surface area contributed by atoms with E-state index in [1.807, 2.05) is 36.5 Å². The maximum atomic E-state index is 6.12. The Hall–Kier alpha value is -2.04. The lowest BCUT2D eigenvalue weighted by molar-refractivity contribution is 0.654. The Kier molecular flexibility index (Phi) is 4.17. The molecule has 0 amide bonds. The van der Waals surface area contributed by atoms with Crippen molar-refractivity contribution in [1.82, 2.24) is 10.2 Å². The number of rotatable bonds is 2. The van der Waals surface area contributed by atoms with E-state index in [0.29, 0.717) is 10.0 Å². The lowest BCUT2D eigenvalue weighted by atomic mass is 10.1. The van der Waals surface area contributed by atoms with Crippen molar-refractivity contribution in [2.24, 2.45) is 0 Å². The summed E-state index contributed by atoms with van der Waals surface area (Å²) >= 11 is 12.2. The molecular formula is C18H16Cl2N4. The lowest BCUT2D eigenvalue weighted by Gasteiger charge is -2.37. The molecule has 3 aromatic rings. The van der Waals surface area contributed by atoms with Crippen molar-refractivity contribution in [2.45, 2.75) is 0 Å². The predicted molar refractivity (Wildman–Crippen MR) is 100 cm³/mol. The minimum Gasteiger partial charge on any atom is -0.368 e. The zero-order valence-electron chi connectivity index (χ0n) is 13.0. The summed E-state index contributed by atoms with van der Waals surface area (Å²) in [4.78, 5) is 4.67. The molecule has 2 aromatic carbocycles. The summed E-state index contributed by atoms with van der Waals surface area (Å²) < 4.78 is 0. The van der Waals surface area contributed by atoms with Crippen LogP contribution in [0, 0.1) is 0 Å². The monoisotopic (exact) mass is 358 g/mol. The fourth-order valence-corrected chi connectivity index (χ4v) is 3.69. The number of anilines is 2. The van der Waals surface area contributed by atoms with Crippen LogP contribution < -0.4 is 9.80 Å². The number of benzene rings is 2. The van der Waals surface area contributed by atoms with Crippen molar-refractivity contribution in [1.29, 1.82) is 0 Å². The second kappa shape index (κ2) is 6.46. The number of hydrogen-bond donors (Lipinski definition) is 0. The minimum absolute atomic E-state index is 0.671. The standard InChI is InChI=1S/C18H16Cl2N4/c19-13-9-14(20)11-15(10-13)23-5-7-24(8-6-23)18-12-21-22-17-4-2-1-3-16(17)18/h1-4,9-12H,5-8H2. The SMILES string of the molecule is Clc1cc(Cl)cc(N2CCN(c3cnnc4ccccc34)CC2)c1. The summed E-state index contributed by atoms with van der Waals surface area (Å²) in [6, 6.07) is 13.8. The summed E-state index contributed by atoms with van der Waals surface area (Å²) in [5, 5.41) is 10.8. The first-order chi connectivity index (χ1) is 11.7. The van der Waals surface area contributed by atoms with Gasteiger partial charge in [0.05, 0.1) is 17.4 Å². The normalized spacial score (nSPS) is 15.1. The average molecular weight is 359 g/mol. The molecule has 122 valence electrons. The summed E-state index contributed by atoms with van der Waals surface area (Å²) in [5.41, 5.74) is 3.15. The van der Waals surface area contributed by atoms with Gasteiger partial charge in [0.25, 0.3) is 0 Å². The number of aromatic nitrogens is 2. The van der Waals surface area contributed by atoms with Gasteiger partial charge in [-0.1, -0.05) is 41.4 Å². The van der Waals surface area contributed by atoms with Crippen LogP contribution in [0.1, 0.15) is 0 Å². The van der Waals surface area contributed by atoms with Gasteiger partial charge in [-0.15, -0.1) is 0 Å². The topological polar surface area (TPSA) is 32.3 Å². The Morgan fingerprint density at radius 3 is 2.25 bits per heavy atom. The second-order valence-corrected chi connectivity index (χ2v) is 6.72. The Morgan fingerprint density at radius 2 is 1.50 bits per heavy atom. The van der Waals surface area contributed by atoms with E-state index in [0.717, 1.165) is 48.5 Å². The van der Waals surface area contributed by atoms with Gasteiger partial charge in [-0.2, -0.15) is 10.2 Å². The van der Waals surface area contributed by atoms with Crippen molar-refractivity contribution < 1.29 is 0 Å². The van der Waals surface area contributed by atoms with E-state index < -0.39 is 0 Å². The molecular weight excluding hydrogens is 343 g/mol. The number of fused-ring (bicyclic) bond motifs is 1. The largest absolute Gasteiger partial charge is 0.368 e. The van der Waals surface area contributed by atoms with Crippen LogP contribution in [0.2, 0.25) is 10.0 Å². The van der Waals surface area contributed by atoms with Gasteiger partial charge >= 0.3 is 0 Å². The molecule has 0 atom stereocenters. The van der Waals surface area contributed by atoms with Crippen LogP contribution in [0.25, 0.3) is 10.9 Å². The van der Waals surface area contributed by atoms with Gasteiger partial charge < -0.3 is 9.80 Å². The fraction of sp³-hybridized carbons (Fsp3) is 0.222. The summed E-state index contributed by atoms with van der Waals surface area (Å²) in [6.07, 6.45) is 1.86. The molecule has 4 rings (SSSR count). The molecule has 4 nitrogen and oxygen atoms in total. The minimum atomic E-state index is 0.671. The van der Waals surface area contributed by atoms with E-state index in [4.69, 9.17) is 23.2 Å². The fourth-order valence-electron chi connectivity index (χ4n) is 3.17. The van der Waals surface area contributed by atoms with Crippen LogP contribution in [0.4, 0.5) is 11.4 Å². The van der Waals surface area contributed by atoms with E-state index in [-0.39, 0.29) is 0 Å². The Bertz CT molecular complexity index is 850. The quantitative estimate of drug-likeness (QED) is 0.684. The Morgan fingerprint density at radius 1 is 0.833 bits per heavy atom. The van der Waals surface area contributed by atoms with Crippen LogP contribution >= 0.6 is 23.2 Å². The van der Waals surface area contributed by atoms with Crippen molar-refractivity contribution in [3.05, 3.63) is 58.7 Å².